The first-order valence-corrected chi connectivity index (χ1v) is 3.60. The third-order valence-electron chi connectivity index (χ3n) is 1.13. The molecule has 1 heterocycles. The zero-order chi connectivity index (χ0) is 8.43. The summed E-state index contributed by atoms with van der Waals surface area (Å²) in [5.74, 6) is 0. The number of hydrogen-bond acceptors (Lipinski definition) is 2. The standard InChI is InChI=1S/C6H5BrF2N2/c7-4-2-1-3(10)5(11-4)6(8)9/h1-2,6H,10H2. The van der Waals surface area contributed by atoms with E-state index in [4.69, 9.17) is 5.73 Å². The summed E-state index contributed by atoms with van der Waals surface area (Å²) in [6.45, 7) is 0. The molecule has 0 spiro atoms. The third-order valence-corrected chi connectivity index (χ3v) is 1.57. The molecule has 0 aliphatic heterocycles. The average molecular weight is 223 g/mol. The molecule has 5 heteroatoms. The van der Waals surface area contributed by atoms with Gasteiger partial charge >= 0.3 is 0 Å². The summed E-state index contributed by atoms with van der Waals surface area (Å²) in [6, 6.07) is 2.90. The van der Waals surface area contributed by atoms with Crippen molar-refractivity contribution in [2.45, 2.75) is 6.43 Å². The number of nitrogens with two attached hydrogens (primary N) is 1. The van der Waals surface area contributed by atoms with Crippen molar-refractivity contribution >= 4 is 21.6 Å². The smallest absolute Gasteiger partial charge is 0.282 e. The minimum atomic E-state index is -2.62. The van der Waals surface area contributed by atoms with E-state index in [2.05, 4.69) is 20.9 Å². The summed E-state index contributed by atoms with van der Waals surface area (Å²) in [7, 11) is 0. The molecule has 1 aromatic heterocycles. The highest BCUT2D eigenvalue weighted by Crippen LogP contribution is 2.24. The van der Waals surface area contributed by atoms with Gasteiger partial charge in [-0.3, -0.25) is 0 Å². The fourth-order valence-corrected chi connectivity index (χ4v) is 0.959. The van der Waals surface area contributed by atoms with Gasteiger partial charge in [0.25, 0.3) is 6.43 Å². The predicted molar refractivity (Wildman–Crippen MR) is 41.3 cm³/mol. The molecule has 0 unspecified atom stereocenters. The Morgan fingerprint density at radius 3 is 2.55 bits per heavy atom. The van der Waals surface area contributed by atoms with E-state index in [1.54, 1.807) is 0 Å². The van der Waals surface area contributed by atoms with Crippen LogP contribution in [0.2, 0.25) is 0 Å². The molecule has 2 N–H and O–H groups in total. The Morgan fingerprint density at radius 1 is 1.45 bits per heavy atom. The molecule has 60 valence electrons. The number of pyridine rings is 1. The van der Waals surface area contributed by atoms with Crippen molar-refractivity contribution in [1.29, 1.82) is 0 Å². The van der Waals surface area contributed by atoms with Crippen LogP contribution in [0.3, 0.4) is 0 Å². The van der Waals surface area contributed by atoms with Gasteiger partial charge in [0.15, 0.2) is 0 Å². The van der Waals surface area contributed by atoms with Crippen molar-refractivity contribution in [3.8, 4) is 0 Å². The van der Waals surface area contributed by atoms with E-state index in [0.29, 0.717) is 4.60 Å². The summed E-state index contributed by atoms with van der Waals surface area (Å²) in [4.78, 5) is 3.51. The first-order valence-electron chi connectivity index (χ1n) is 2.81. The summed E-state index contributed by atoms with van der Waals surface area (Å²) in [6.07, 6.45) is -2.62. The lowest BCUT2D eigenvalue weighted by Crippen LogP contribution is -1.97. The number of anilines is 1. The van der Waals surface area contributed by atoms with Crippen LogP contribution in [0.25, 0.3) is 0 Å². The van der Waals surface area contributed by atoms with Gasteiger partial charge in [-0.2, -0.15) is 0 Å². The highest BCUT2D eigenvalue weighted by molar-refractivity contribution is 9.10. The fraction of sp³-hybridized carbons (Fsp3) is 0.167. The number of alkyl halides is 2. The van der Waals surface area contributed by atoms with Crippen LogP contribution in [0.1, 0.15) is 12.1 Å². The van der Waals surface area contributed by atoms with Gasteiger partial charge in [0.05, 0.1) is 5.69 Å². The van der Waals surface area contributed by atoms with Gasteiger partial charge in [0.1, 0.15) is 10.3 Å². The van der Waals surface area contributed by atoms with Crippen LogP contribution in [0.4, 0.5) is 14.5 Å². The third kappa shape index (κ3) is 1.86. The Balaban J connectivity index is 3.13. The van der Waals surface area contributed by atoms with Gasteiger partial charge in [-0.05, 0) is 28.1 Å². The molecule has 0 atom stereocenters. The second kappa shape index (κ2) is 3.13. The number of nitrogens with zero attached hydrogens (tertiary/aromatic N) is 1. The molecular weight excluding hydrogens is 218 g/mol. The first kappa shape index (κ1) is 8.39. The van der Waals surface area contributed by atoms with Crippen molar-refractivity contribution in [3.05, 3.63) is 22.4 Å². The molecule has 0 aromatic carbocycles. The molecule has 0 amide bonds. The van der Waals surface area contributed by atoms with E-state index >= 15 is 0 Å². The van der Waals surface area contributed by atoms with E-state index in [9.17, 15) is 8.78 Å². The molecule has 0 bridgehead atoms. The first-order chi connectivity index (χ1) is 5.11. The maximum absolute atomic E-state index is 12.0. The lowest BCUT2D eigenvalue weighted by Gasteiger charge is -2.02. The Morgan fingerprint density at radius 2 is 2.09 bits per heavy atom. The molecule has 11 heavy (non-hydrogen) atoms. The highest BCUT2D eigenvalue weighted by Gasteiger charge is 2.12. The van der Waals surface area contributed by atoms with Crippen LogP contribution in [0.5, 0.6) is 0 Å². The molecule has 0 radical (unpaired) electrons. The molecule has 0 aliphatic carbocycles. The zero-order valence-corrected chi connectivity index (χ0v) is 6.98. The van der Waals surface area contributed by atoms with Crippen LogP contribution in [-0.4, -0.2) is 4.98 Å². The van der Waals surface area contributed by atoms with E-state index in [-0.39, 0.29) is 11.4 Å². The van der Waals surface area contributed by atoms with Crippen molar-refractivity contribution in [1.82, 2.24) is 4.98 Å². The van der Waals surface area contributed by atoms with Crippen molar-refractivity contribution < 1.29 is 8.78 Å². The average Bonchev–Trinajstić information content (AvgIpc) is 1.94. The number of rotatable bonds is 1. The predicted octanol–water partition coefficient (Wildman–Crippen LogP) is 2.36. The normalized spacial score (nSPS) is 10.5. The van der Waals surface area contributed by atoms with Crippen molar-refractivity contribution in [2.24, 2.45) is 0 Å². The topological polar surface area (TPSA) is 38.9 Å². The molecule has 0 fully saturated rings. The number of hydrogen-bond donors (Lipinski definition) is 1. The minimum absolute atomic E-state index is 0.0169. The summed E-state index contributed by atoms with van der Waals surface area (Å²) < 4.78 is 24.5. The molecule has 0 saturated carbocycles. The minimum Gasteiger partial charge on any atom is -0.397 e. The molecule has 2 nitrogen and oxygen atoms in total. The van der Waals surface area contributed by atoms with Crippen LogP contribution < -0.4 is 5.73 Å². The van der Waals surface area contributed by atoms with Crippen molar-refractivity contribution in [2.75, 3.05) is 5.73 Å². The largest absolute Gasteiger partial charge is 0.397 e. The van der Waals surface area contributed by atoms with Crippen molar-refractivity contribution in [3.63, 3.8) is 0 Å². The van der Waals surface area contributed by atoms with Gasteiger partial charge < -0.3 is 5.73 Å². The second-order valence-corrected chi connectivity index (χ2v) is 2.72. The van der Waals surface area contributed by atoms with E-state index < -0.39 is 6.43 Å². The summed E-state index contributed by atoms with van der Waals surface area (Å²) >= 11 is 2.96. The maximum atomic E-state index is 12.0. The Labute approximate surface area is 70.6 Å². The molecule has 0 aliphatic rings. The molecule has 0 saturated heterocycles. The van der Waals surface area contributed by atoms with Gasteiger partial charge in [-0.25, -0.2) is 13.8 Å². The second-order valence-electron chi connectivity index (χ2n) is 1.91. The van der Waals surface area contributed by atoms with Crippen LogP contribution in [0, 0.1) is 0 Å². The number of aromatic nitrogens is 1. The Kier molecular flexibility index (Phi) is 2.38. The van der Waals surface area contributed by atoms with E-state index in [1.165, 1.54) is 12.1 Å². The fourth-order valence-electron chi connectivity index (χ4n) is 0.636. The molecular formula is C6H5BrF2N2. The van der Waals surface area contributed by atoms with E-state index in [1.807, 2.05) is 0 Å². The highest BCUT2D eigenvalue weighted by atomic mass is 79.9. The van der Waals surface area contributed by atoms with Crippen LogP contribution >= 0.6 is 15.9 Å². The maximum Gasteiger partial charge on any atom is 0.282 e. The van der Waals surface area contributed by atoms with E-state index in [0.717, 1.165) is 0 Å². The quantitative estimate of drug-likeness (QED) is 0.742. The molecule has 1 aromatic rings. The summed E-state index contributed by atoms with van der Waals surface area (Å²) in [5, 5.41) is 0. The SMILES string of the molecule is Nc1ccc(Br)nc1C(F)F. The van der Waals surface area contributed by atoms with Gasteiger partial charge in [0.2, 0.25) is 0 Å². The van der Waals surface area contributed by atoms with Crippen LogP contribution in [0.15, 0.2) is 16.7 Å². The lowest BCUT2D eigenvalue weighted by atomic mass is 10.3. The van der Waals surface area contributed by atoms with Gasteiger partial charge in [-0.15, -0.1) is 0 Å². The zero-order valence-electron chi connectivity index (χ0n) is 5.39. The summed E-state index contributed by atoms with van der Waals surface area (Å²) in [5.41, 5.74) is 4.87. The lowest BCUT2D eigenvalue weighted by molar-refractivity contribution is 0.147. The Hall–Kier alpha value is -0.710. The Bertz CT molecular complexity index is 265. The monoisotopic (exact) mass is 222 g/mol. The molecule has 1 rings (SSSR count). The van der Waals surface area contributed by atoms with Gasteiger partial charge in [0, 0.05) is 0 Å². The van der Waals surface area contributed by atoms with Crippen LogP contribution in [-0.2, 0) is 0 Å². The number of nitrogen functional groups attached to an aromatic ring is 1. The number of halogens is 3. The van der Waals surface area contributed by atoms with Gasteiger partial charge in [-0.1, -0.05) is 0 Å².